The van der Waals surface area contributed by atoms with E-state index in [1.165, 1.54) is 12.3 Å². The van der Waals surface area contributed by atoms with Crippen LogP contribution in [0.1, 0.15) is 19.4 Å². The second kappa shape index (κ2) is 7.16. The third kappa shape index (κ3) is 4.32. The Morgan fingerprint density at radius 1 is 1.44 bits per heavy atom. The van der Waals surface area contributed by atoms with Crippen molar-refractivity contribution in [2.45, 2.75) is 13.8 Å². The zero-order valence-corrected chi connectivity index (χ0v) is 10.3. The van der Waals surface area contributed by atoms with Gasteiger partial charge in [-0.05, 0) is 37.6 Å². The zero-order valence-electron chi connectivity index (χ0n) is 10.3. The highest BCUT2D eigenvalue weighted by molar-refractivity contribution is 5.82. The van der Waals surface area contributed by atoms with E-state index in [9.17, 15) is 9.90 Å². The first kappa shape index (κ1) is 13.8. The van der Waals surface area contributed by atoms with E-state index in [-0.39, 0.29) is 12.4 Å². The van der Waals surface area contributed by atoms with Crippen molar-refractivity contribution in [2.75, 3.05) is 13.2 Å². The molecular formula is C12H16N2O4. The Labute approximate surface area is 105 Å². The van der Waals surface area contributed by atoms with Gasteiger partial charge in [0.2, 0.25) is 0 Å². The molecule has 0 heterocycles. The lowest BCUT2D eigenvalue weighted by Crippen LogP contribution is -2.18. The molecule has 0 atom stereocenters. The highest BCUT2D eigenvalue weighted by atomic mass is 16.5. The number of benzene rings is 1. The SMILES string of the molecule is CCOC(=O)NN=Cc1ccc(O)c(OCC)c1. The summed E-state index contributed by atoms with van der Waals surface area (Å²) in [5.74, 6) is 0.435. The molecule has 18 heavy (non-hydrogen) atoms. The van der Waals surface area contributed by atoms with E-state index in [0.29, 0.717) is 17.9 Å². The van der Waals surface area contributed by atoms with Crippen LogP contribution in [0.25, 0.3) is 0 Å². The standard InChI is InChI=1S/C12H16N2O4/c1-3-17-11-7-9(5-6-10(11)15)8-13-14-12(16)18-4-2/h5-8,15H,3-4H2,1-2H3,(H,14,16). The van der Waals surface area contributed by atoms with Gasteiger partial charge in [0.05, 0.1) is 19.4 Å². The average molecular weight is 252 g/mol. The molecular weight excluding hydrogens is 236 g/mol. The molecule has 0 spiro atoms. The predicted molar refractivity (Wildman–Crippen MR) is 67.0 cm³/mol. The van der Waals surface area contributed by atoms with Crippen molar-refractivity contribution in [3.63, 3.8) is 0 Å². The van der Waals surface area contributed by atoms with Gasteiger partial charge in [0.25, 0.3) is 0 Å². The zero-order chi connectivity index (χ0) is 13.4. The van der Waals surface area contributed by atoms with Crippen molar-refractivity contribution < 1.29 is 19.4 Å². The third-order valence-electron chi connectivity index (χ3n) is 1.93. The number of phenols is 1. The van der Waals surface area contributed by atoms with Crippen molar-refractivity contribution in [3.8, 4) is 11.5 Å². The number of hydrogen-bond acceptors (Lipinski definition) is 5. The smallest absolute Gasteiger partial charge is 0.427 e. The number of nitrogens with zero attached hydrogens (tertiary/aromatic N) is 1. The molecule has 0 aromatic heterocycles. The average Bonchev–Trinajstić information content (AvgIpc) is 2.34. The van der Waals surface area contributed by atoms with Crippen LogP contribution < -0.4 is 10.2 Å². The number of nitrogens with one attached hydrogen (secondary N) is 1. The number of carbonyl (C=O) groups excluding carboxylic acids is 1. The van der Waals surface area contributed by atoms with Gasteiger partial charge in [-0.1, -0.05) is 0 Å². The summed E-state index contributed by atoms with van der Waals surface area (Å²) in [6.07, 6.45) is 0.816. The van der Waals surface area contributed by atoms with Crippen molar-refractivity contribution in [3.05, 3.63) is 23.8 Å². The third-order valence-corrected chi connectivity index (χ3v) is 1.93. The molecule has 0 radical (unpaired) electrons. The van der Waals surface area contributed by atoms with E-state index in [1.54, 1.807) is 19.1 Å². The highest BCUT2D eigenvalue weighted by Crippen LogP contribution is 2.25. The molecule has 1 aromatic carbocycles. The van der Waals surface area contributed by atoms with Crippen LogP contribution >= 0.6 is 0 Å². The first-order chi connectivity index (χ1) is 8.67. The lowest BCUT2D eigenvalue weighted by Gasteiger charge is -2.05. The fourth-order valence-electron chi connectivity index (χ4n) is 1.21. The van der Waals surface area contributed by atoms with Crippen LogP contribution in [0.4, 0.5) is 4.79 Å². The topological polar surface area (TPSA) is 80.2 Å². The Bertz CT molecular complexity index is 432. The van der Waals surface area contributed by atoms with E-state index in [4.69, 9.17) is 4.74 Å². The summed E-state index contributed by atoms with van der Waals surface area (Å²) in [5.41, 5.74) is 2.89. The summed E-state index contributed by atoms with van der Waals surface area (Å²) in [4.78, 5) is 10.9. The molecule has 2 N–H and O–H groups in total. The Kier molecular flexibility index (Phi) is 5.50. The van der Waals surface area contributed by atoms with E-state index in [1.807, 2.05) is 6.92 Å². The fraction of sp³-hybridized carbons (Fsp3) is 0.333. The lowest BCUT2D eigenvalue weighted by molar-refractivity contribution is 0.152. The van der Waals surface area contributed by atoms with Gasteiger partial charge in [-0.2, -0.15) is 5.10 Å². The quantitative estimate of drug-likeness (QED) is 0.619. The molecule has 6 heteroatoms. The van der Waals surface area contributed by atoms with Crippen molar-refractivity contribution >= 4 is 12.3 Å². The van der Waals surface area contributed by atoms with Crippen LogP contribution in [0.5, 0.6) is 11.5 Å². The molecule has 0 unspecified atom stereocenters. The number of hydrazone groups is 1. The summed E-state index contributed by atoms with van der Waals surface area (Å²) in [5, 5.41) is 13.2. The van der Waals surface area contributed by atoms with Gasteiger partial charge < -0.3 is 14.6 Å². The molecule has 0 aliphatic carbocycles. The van der Waals surface area contributed by atoms with Gasteiger partial charge in [0.15, 0.2) is 11.5 Å². The monoisotopic (exact) mass is 252 g/mol. The number of carbonyl (C=O) groups is 1. The molecule has 1 rings (SSSR count). The minimum atomic E-state index is -0.613. The largest absolute Gasteiger partial charge is 0.504 e. The molecule has 6 nitrogen and oxygen atoms in total. The molecule has 1 aromatic rings. The highest BCUT2D eigenvalue weighted by Gasteiger charge is 2.02. The second-order valence-corrected chi connectivity index (χ2v) is 3.25. The van der Waals surface area contributed by atoms with Gasteiger partial charge in [-0.15, -0.1) is 0 Å². The molecule has 0 bridgehead atoms. The summed E-state index contributed by atoms with van der Waals surface area (Å²) in [6.45, 7) is 4.27. The molecule has 0 saturated carbocycles. The van der Waals surface area contributed by atoms with Crippen LogP contribution in [-0.2, 0) is 4.74 Å². The summed E-state index contributed by atoms with van der Waals surface area (Å²) >= 11 is 0. The fourth-order valence-corrected chi connectivity index (χ4v) is 1.21. The Balaban J connectivity index is 2.64. The minimum absolute atomic E-state index is 0.0624. The first-order valence-electron chi connectivity index (χ1n) is 5.59. The van der Waals surface area contributed by atoms with Crippen LogP contribution in [0.2, 0.25) is 0 Å². The molecule has 98 valence electrons. The van der Waals surface area contributed by atoms with Crippen LogP contribution in [-0.4, -0.2) is 30.6 Å². The summed E-state index contributed by atoms with van der Waals surface area (Å²) in [7, 11) is 0. The van der Waals surface area contributed by atoms with E-state index < -0.39 is 6.09 Å². The van der Waals surface area contributed by atoms with Crippen molar-refractivity contribution in [1.29, 1.82) is 0 Å². The van der Waals surface area contributed by atoms with E-state index in [0.717, 1.165) is 0 Å². The molecule has 0 aliphatic rings. The number of amides is 1. The maximum atomic E-state index is 10.9. The summed E-state index contributed by atoms with van der Waals surface area (Å²) < 4.78 is 9.85. The van der Waals surface area contributed by atoms with Crippen molar-refractivity contribution in [1.82, 2.24) is 5.43 Å². The van der Waals surface area contributed by atoms with Crippen molar-refractivity contribution in [2.24, 2.45) is 5.10 Å². The summed E-state index contributed by atoms with van der Waals surface area (Å²) in [6, 6.07) is 4.76. The first-order valence-corrected chi connectivity index (χ1v) is 5.59. The van der Waals surface area contributed by atoms with Gasteiger partial charge in [-0.3, -0.25) is 0 Å². The molecule has 1 amide bonds. The normalized spacial score (nSPS) is 10.3. The van der Waals surface area contributed by atoms with Crippen LogP contribution in [0.15, 0.2) is 23.3 Å². The number of rotatable bonds is 5. The van der Waals surface area contributed by atoms with E-state index >= 15 is 0 Å². The number of phenolic OH excluding ortho intramolecular Hbond substituents is 1. The lowest BCUT2D eigenvalue weighted by atomic mass is 10.2. The second-order valence-electron chi connectivity index (χ2n) is 3.25. The maximum Gasteiger partial charge on any atom is 0.427 e. The number of hydrogen-bond donors (Lipinski definition) is 2. The van der Waals surface area contributed by atoms with Gasteiger partial charge >= 0.3 is 6.09 Å². The molecule has 0 saturated heterocycles. The number of aromatic hydroxyl groups is 1. The van der Waals surface area contributed by atoms with E-state index in [2.05, 4.69) is 15.3 Å². The Morgan fingerprint density at radius 3 is 2.89 bits per heavy atom. The predicted octanol–water partition coefficient (Wildman–Crippen LogP) is 1.87. The number of ether oxygens (including phenoxy) is 2. The molecule has 0 fully saturated rings. The van der Waals surface area contributed by atoms with Gasteiger partial charge in [0.1, 0.15) is 0 Å². The van der Waals surface area contributed by atoms with Gasteiger partial charge in [0, 0.05) is 0 Å². The Morgan fingerprint density at radius 2 is 2.22 bits per heavy atom. The molecule has 0 aliphatic heterocycles. The maximum absolute atomic E-state index is 10.9. The Hall–Kier alpha value is -2.24. The van der Waals surface area contributed by atoms with Crippen LogP contribution in [0, 0.1) is 0 Å². The van der Waals surface area contributed by atoms with Crippen LogP contribution in [0.3, 0.4) is 0 Å². The minimum Gasteiger partial charge on any atom is -0.504 e. The van der Waals surface area contributed by atoms with Gasteiger partial charge in [-0.25, -0.2) is 10.2 Å².